The summed E-state index contributed by atoms with van der Waals surface area (Å²) < 4.78 is 43.9. The van der Waals surface area contributed by atoms with Crippen LogP contribution in [0.3, 0.4) is 0 Å². The lowest BCUT2D eigenvalue weighted by molar-refractivity contribution is -0.120. The maximum absolute atomic E-state index is 12.8. The number of rotatable bonds is 6. The van der Waals surface area contributed by atoms with Crippen molar-refractivity contribution in [1.82, 2.24) is 10.0 Å². The zero-order valence-corrected chi connectivity index (χ0v) is 12.6. The Hall–Kier alpha value is -2.19. The van der Waals surface area contributed by atoms with Crippen LogP contribution in [0.15, 0.2) is 52.0 Å². The zero-order chi connectivity index (χ0) is 16.2. The molecule has 1 unspecified atom stereocenters. The molecule has 0 fully saturated rings. The number of amides is 1. The van der Waals surface area contributed by atoms with Crippen LogP contribution in [-0.2, 0) is 14.8 Å². The van der Waals surface area contributed by atoms with E-state index in [-0.39, 0.29) is 10.9 Å². The first kappa shape index (κ1) is 16.2. The number of hydrogen-bond acceptors (Lipinski definition) is 4. The monoisotopic (exact) mass is 326 g/mol. The second-order valence-corrected chi connectivity index (χ2v) is 6.35. The summed E-state index contributed by atoms with van der Waals surface area (Å²) in [6, 6.07) is 7.34. The Morgan fingerprint density at radius 2 is 1.95 bits per heavy atom. The van der Waals surface area contributed by atoms with E-state index in [2.05, 4.69) is 10.0 Å². The average Bonchev–Trinajstić information content (AvgIpc) is 3.00. The van der Waals surface area contributed by atoms with E-state index >= 15 is 0 Å². The highest BCUT2D eigenvalue weighted by molar-refractivity contribution is 7.89. The molecule has 1 atom stereocenters. The largest absolute Gasteiger partial charge is 0.467 e. The van der Waals surface area contributed by atoms with Gasteiger partial charge in [-0.3, -0.25) is 4.79 Å². The lowest BCUT2D eigenvalue weighted by atomic mass is 10.2. The molecule has 1 aromatic carbocycles. The van der Waals surface area contributed by atoms with E-state index in [1.807, 2.05) is 0 Å². The topological polar surface area (TPSA) is 88.4 Å². The first-order chi connectivity index (χ1) is 10.4. The molecule has 118 valence electrons. The van der Waals surface area contributed by atoms with E-state index in [0.29, 0.717) is 5.76 Å². The van der Waals surface area contributed by atoms with E-state index in [1.54, 1.807) is 19.1 Å². The van der Waals surface area contributed by atoms with Crippen LogP contribution in [0.2, 0.25) is 0 Å². The van der Waals surface area contributed by atoms with Crippen molar-refractivity contribution >= 4 is 15.9 Å². The van der Waals surface area contributed by atoms with Crippen LogP contribution in [0, 0.1) is 5.82 Å². The first-order valence-corrected chi connectivity index (χ1v) is 7.95. The minimum absolute atomic E-state index is 0.110. The Morgan fingerprint density at radius 3 is 2.55 bits per heavy atom. The van der Waals surface area contributed by atoms with Crippen molar-refractivity contribution in [2.75, 3.05) is 6.54 Å². The number of carbonyl (C=O) groups excluding carboxylic acids is 1. The van der Waals surface area contributed by atoms with Gasteiger partial charge in [-0.1, -0.05) is 0 Å². The molecule has 2 N–H and O–H groups in total. The highest BCUT2D eigenvalue weighted by Gasteiger charge is 2.17. The highest BCUT2D eigenvalue weighted by Crippen LogP contribution is 2.12. The predicted molar refractivity (Wildman–Crippen MR) is 76.9 cm³/mol. The summed E-state index contributed by atoms with van der Waals surface area (Å²) in [6.07, 6.45) is 1.48. The third kappa shape index (κ3) is 4.15. The molecular formula is C14H15FN2O4S. The highest BCUT2D eigenvalue weighted by atomic mass is 32.2. The number of furan rings is 1. The molecule has 1 amide bonds. The lowest BCUT2D eigenvalue weighted by Gasteiger charge is -2.12. The maximum atomic E-state index is 12.8. The van der Waals surface area contributed by atoms with E-state index in [1.165, 1.54) is 6.26 Å². The molecule has 2 rings (SSSR count). The summed E-state index contributed by atoms with van der Waals surface area (Å²) >= 11 is 0. The molecule has 0 aliphatic rings. The molecule has 6 nitrogen and oxygen atoms in total. The van der Waals surface area contributed by atoms with Crippen LogP contribution in [0.5, 0.6) is 0 Å². The number of halogens is 1. The van der Waals surface area contributed by atoms with Gasteiger partial charge in [-0.05, 0) is 43.3 Å². The third-order valence-electron chi connectivity index (χ3n) is 2.89. The molecule has 0 aliphatic carbocycles. The van der Waals surface area contributed by atoms with Gasteiger partial charge in [0.1, 0.15) is 11.6 Å². The molecule has 0 saturated carbocycles. The van der Waals surface area contributed by atoms with Crippen molar-refractivity contribution in [3.63, 3.8) is 0 Å². The van der Waals surface area contributed by atoms with Crippen LogP contribution in [-0.4, -0.2) is 20.9 Å². The van der Waals surface area contributed by atoms with Gasteiger partial charge < -0.3 is 9.73 Å². The van der Waals surface area contributed by atoms with Crippen molar-refractivity contribution in [3.05, 3.63) is 54.2 Å². The van der Waals surface area contributed by atoms with Crippen LogP contribution >= 0.6 is 0 Å². The third-order valence-corrected chi connectivity index (χ3v) is 4.31. The Labute approximate surface area is 127 Å². The van der Waals surface area contributed by atoms with Gasteiger partial charge in [0.15, 0.2) is 0 Å². The smallest absolute Gasteiger partial charge is 0.241 e. The molecule has 0 spiro atoms. The van der Waals surface area contributed by atoms with Crippen LogP contribution in [0.4, 0.5) is 4.39 Å². The van der Waals surface area contributed by atoms with Crippen molar-refractivity contribution in [3.8, 4) is 0 Å². The van der Waals surface area contributed by atoms with Gasteiger partial charge in [-0.15, -0.1) is 0 Å². The minimum atomic E-state index is -3.86. The molecule has 2 aromatic rings. The van der Waals surface area contributed by atoms with E-state index in [4.69, 9.17) is 4.42 Å². The molecule has 0 bridgehead atoms. The normalized spacial score (nSPS) is 12.8. The fourth-order valence-electron chi connectivity index (χ4n) is 1.76. The molecule has 0 saturated heterocycles. The standard InChI is InChI=1S/C14H15FN2O4S/c1-10(13-3-2-8-21-13)17-14(18)9-16-22(19,20)12-6-4-11(15)5-7-12/h2-8,10,16H,9H2,1H3,(H,17,18). The molecule has 1 heterocycles. The SMILES string of the molecule is CC(NC(=O)CNS(=O)(=O)c1ccc(F)cc1)c1ccco1. The zero-order valence-electron chi connectivity index (χ0n) is 11.7. The molecule has 0 aliphatic heterocycles. The Balaban J connectivity index is 1.91. The van der Waals surface area contributed by atoms with Gasteiger partial charge in [0.05, 0.1) is 23.7 Å². The average molecular weight is 326 g/mol. The molecule has 0 radical (unpaired) electrons. The lowest BCUT2D eigenvalue weighted by Crippen LogP contribution is -2.37. The Bertz CT molecular complexity index is 727. The Morgan fingerprint density at radius 1 is 1.27 bits per heavy atom. The quantitative estimate of drug-likeness (QED) is 0.843. The van der Waals surface area contributed by atoms with E-state index < -0.39 is 28.3 Å². The van der Waals surface area contributed by atoms with Gasteiger partial charge in [0.25, 0.3) is 0 Å². The van der Waals surface area contributed by atoms with Crippen LogP contribution < -0.4 is 10.0 Å². The summed E-state index contributed by atoms with van der Waals surface area (Å²) in [4.78, 5) is 11.6. The second-order valence-electron chi connectivity index (χ2n) is 4.58. The van der Waals surface area contributed by atoms with E-state index in [0.717, 1.165) is 24.3 Å². The molecule has 1 aromatic heterocycles. The number of hydrogen-bond donors (Lipinski definition) is 2. The van der Waals surface area contributed by atoms with Crippen LogP contribution in [0.25, 0.3) is 0 Å². The van der Waals surface area contributed by atoms with Gasteiger partial charge >= 0.3 is 0 Å². The van der Waals surface area contributed by atoms with Crippen molar-refractivity contribution in [1.29, 1.82) is 0 Å². The van der Waals surface area contributed by atoms with E-state index in [9.17, 15) is 17.6 Å². The van der Waals surface area contributed by atoms with Gasteiger partial charge in [0, 0.05) is 0 Å². The van der Waals surface area contributed by atoms with Gasteiger partial charge in [0.2, 0.25) is 15.9 Å². The number of nitrogens with one attached hydrogen (secondary N) is 2. The number of benzene rings is 1. The fraction of sp³-hybridized carbons (Fsp3) is 0.214. The number of sulfonamides is 1. The maximum Gasteiger partial charge on any atom is 0.241 e. The summed E-state index contributed by atoms with van der Waals surface area (Å²) in [5.74, 6) is -0.478. The summed E-state index contributed by atoms with van der Waals surface area (Å²) in [6.45, 7) is 1.29. The summed E-state index contributed by atoms with van der Waals surface area (Å²) in [5, 5.41) is 2.60. The Kier molecular flexibility index (Phi) is 4.94. The summed E-state index contributed by atoms with van der Waals surface area (Å²) in [7, 11) is -3.86. The minimum Gasteiger partial charge on any atom is -0.467 e. The molecular weight excluding hydrogens is 311 g/mol. The second kappa shape index (κ2) is 6.71. The molecule has 8 heteroatoms. The van der Waals surface area contributed by atoms with Gasteiger partial charge in [-0.2, -0.15) is 0 Å². The fourth-order valence-corrected chi connectivity index (χ4v) is 2.74. The van der Waals surface area contributed by atoms with Crippen molar-refractivity contribution in [2.24, 2.45) is 0 Å². The van der Waals surface area contributed by atoms with Crippen LogP contribution in [0.1, 0.15) is 18.7 Å². The predicted octanol–water partition coefficient (Wildman–Crippen LogP) is 1.57. The summed E-state index contributed by atoms with van der Waals surface area (Å²) in [5.41, 5.74) is 0. The number of carbonyl (C=O) groups is 1. The van der Waals surface area contributed by atoms with Crippen molar-refractivity contribution in [2.45, 2.75) is 17.9 Å². The van der Waals surface area contributed by atoms with Crippen molar-refractivity contribution < 1.29 is 22.0 Å². The van der Waals surface area contributed by atoms with Gasteiger partial charge in [-0.25, -0.2) is 17.5 Å². The molecule has 22 heavy (non-hydrogen) atoms. The first-order valence-electron chi connectivity index (χ1n) is 6.46.